The van der Waals surface area contributed by atoms with Gasteiger partial charge in [-0.1, -0.05) is 12.8 Å². The molecule has 0 aromatic rings. The van der Waals surface area contributed by atoms with Crippen molar-refractivity contribution in [1.29, 1.82) is 0 Å². The Balaban J connectivity index is 2.18. The first kappa shape index (κ1) is 12.0. The van der Waals surface area contributed by atoms with Gasteiger partial charge in [0, 0.05) is 12.0 Å². The number of aliphatic hydroxyl groups is 1. The van der Waals surface area contributed by atoms with Gasteiger partial charge >= 0.3 is 0 Å². The van der Waals surface area contributed by atoms with E-state index in [-0.39, 0.29) is 6.10 Å². The standard InChI is InChI=1S/C10H20O3S/c1-14(12,13)7-3-5-9-4-2-6-10(11)8-9/h9-11H,2-8H2,1H3. The molecule has 2 atom stereocenters. The van der Waals surface area contributed by atoms with E-state index < -0.39 is 9.84 Å². The van der Waals surface area contributed by atoms with E-state index in [0.717, 1.165) is 38.5 Å². The van der Waals surface area contributed by atoms with E-state index in [4.69, 9.17) is 0 Å². The molecule has 1 aliphatic rings. The lowest BCUT2D eigenvalue weighted by Crippen LogP contribution is -2.20. The summed E-state index contributed by atoms with van der Waals surface area (Å²) < 4.78 is 21.8. The monoisotopic (exact) mass is 220 g/mol. The maximum absolute atomic E-state index is 10.9. The molecule has 1 fully saturated rings. The third-order valence-corrected chi connectivity index (χ3v) is 3.91. The average Bonchev–Trinajstić information content (AvgIpc) is 2.01. The molecule has 0 aromatic heterocycles. The first-order valence-corrected chi connectivity index (χ1v) is 7.39. The summed E-state index contributed by atoms with van der Waals surface area (Å²) in [5.41, 5.74) is 0. The summed E-state index contributed by atoms with van der Waals surface area (Å²) in [4.78, 5) is 0. The predicted octanol–water partition coefficient (Wildman–Crippen LogP) is 1.36. The van der Waals surface area contributed by atoms with Gasteiger partial charge in [0.2, 0.25) is 0 Å². The van der Waals surface area contributed by atoms with Crippen molar-refractivity contribution in [3.8, 4) is 0 Å². The molecular formula is C10H20O3S. The quantitative estimate of drug-likeness (QED) is 0.778. The third-order valence-electron chi connectivity index (χ3n) is 2.88. The summed E-state index contributed by atoms with van der Waals surface area (Å²) in [6, 6.07) is 0. The molecule has 0 saturated heterocycles. The van der Waals surface area contributed by atoms with Crippen molar-refractivity contribution in [2.45, 2.75) is 44.6 Å². The smallest absolute Gasteiger partial charge is 0.147 e. The van der Waals surface area contributed by atoms with Crippen LogP contribution in [-0.4, -0.2) is 31.6 Å². The first-order chi connectivity index (χ1) is 6.47. The highest BCUT2D eigenvalue weighted by atomic mass is 32.2. The largest absolute Gasteiger partial charge is 0.393 e. The summed E-state index contributed by atoms with van der Waals surface area (Å²) in [5.74, 6) is 0.833. The van der Waals surface area contributed by atoms with Crippen molar-refractivity contribution >= 4 is 9.84 Å². The van der Waals surface area contributed by atoms with Gasteiger partial charge in [-0.05, 0) is 31.6 Å². The Morgan fingerprint density at radius 1 is 1.36 bits per heavy atom. The summed E-state index contributed by atoms with van der Waals surface area (Å²) in [5, 5.41) is 9.42. The fraction of sp³-hybridized carbons (Fsp3) is 1.00. The molecule has 0 aliphatic heterocycles. The Morgan fingerprint density at radius 2 is 2.07 bits per heavy atom. The molecule has 1 rings (SSSR count). The van der Waals surface area contributed by atoms with Gasteiger partial charge in [0.15, 0.2) is 0 Å². The zero-order valence-electron chi connectivity index (χ0n) is 8.78. The summed E-state index contributed by atoms with van der Waals surface area (Å²) in [6.07, 6.45) is 6.85. The second-order valence-corrected chi connectivity index (χ2v) is 6.72. The van der Waals surface area contributed by atoms with Crippen molar-refractivity contribution in [3.63, 3.8) is 0 Å². The third kappa shape index (κ3) is 4.96. The van der Waals surface area contributed by atoms with Crippen LogP contribution < -0.4 is 0 Å². The van der Waals surface area contributed by atoms with Crippen LogP contribution in [0.4, 0.5) is 0 Å². The van der Waals surface area contributed by atoms with Crippen molar-refractivity contribution in [2.24, 2.45) is 5.92 Å². The van der Waals surface area contributed by atoms with Gasteiger partial charge in [0.05, 0.1) is 6.10 Å². The van der Waals surface area contributed by atoms with Crippen LogP contribution in [0.5, 0.6) is 0 Å². The zero-order chi connectivity index (χ0) is 10.6. The number of hydrogen-bond acceptors (Lipinski definition) is 3. The van der Waals surface area contributed by atoms with E-state index in [2.05, 4.69) is 0 Å². The number of hydrogen-bond donors (Lipinski definition) is 1. The van der Waals surface area contributed by atoms with Crippen LogP contribution in [0.15, 0.2) is 0 Å². The van der Waals surface area contributed by atoms with Crippen LogP contribution >= 0.6 is 0 Å². The molecule has 4 heteroatoms. The second-order valence-electron chi connectivity index (χ2n) is 4.46. The first-order valence-electron chi connectivity index (χ1n) is 5.33. The van der Waals surface area contributed by atoms with Crippen LogP contribution in [0.25, 0.3) is 0 Å². The molecule has 1 aliphatic carbocycles. The van der Waals surface area contributed by atoms with Crippen LogP contribution in [0.2, 0.25) is 0 Å². The molecule has 84 valence electrons. The average molecular weight is 220 g/mol. The molecule has 0 spiro atoms. The molecule has 0 heterocycles. The highest BCUT2D eigenvalue weighted by molar-refractivity contribution is 7.90. The van der Waals surface area contributed by atoms with E-state index in [9.17, 15) is 13.5 Å². The normalized spacial score (nSPS) is 29.0. The van der Waals surface area contributed by atoms with Gasteiger partial charge in [-0.3, -0.25) is 0 Å². The molecule has 0 bridgehead atoms. The Labute approximate surface area is 86.4 Å². The fourth-order valence-electron chi connectivity index (χ4n) is 2.16. The van der Waals surface area contributed by atoms with E-state index in [1.807, 2.05) is 0 Å². The van der Waals surface area contributed by atoms with Crippen LogP contribution in [0, 0.1) is 5.92 Å². The van der Waals surface area contributed by atoms with Gasteiger partial charge < -0.3 is 5.11 Å². The number of aliphatic hydroxyl groups excluding tert-OH is 1. The lowest BCUT2D eigenvalue weighted by molar-refractivity contribution is 0.0981. The summed E-state index contributed by atoms with van der Waals surface area (Å²) in [7, 11) is -2.80. The Hall–Kier alpha value is -0.0900. The summed E-state index contributed by atoms with van der Waals surface area (Å²) >= 11 is 0. The summed E-state index contributed by atoms with van der Waals surface area (Å²) in [6.45, 7) is 0. The maximum Gasteiger partial charge on any atom is 0.147 e. The van der Waals surface area contributed by atoms with Crippen molar-refractivity contribution in [1.82, 2.24) is 0 Å². The lowest BCUT2D eigenvalue weighted by Gasteiger charge is -2.25. The Bertz CT molecular complexity index is 259. The number of rotatable bonds is 4. The lowest BCUT2D eigenvalue weighted by atomic mass is 9.85. The SMILES string of the molecule is CS(=O)(=O)CCCC1CCCC(O)C1. The van der Waals surface area contributed by atoms with E-state index in [1.54, 1.807) is 0 Å². The molecule has 3 nitrogen and oxygen atoms in total. The van der Waals surface area contributed by atoms with Crippen LogP contribution in [-0.2, 0) is 9.84 Å². The maximum atomic E-state index is 10.9. The molecule has 14 heavy (non-hydrogen) atoms. The van der Waals surface area contributed by atoms with Gasteiger partial charge in [-0.2, -0.15) is 0 Å². The van der Waals surface area contributed by atoms with E-state index in [1.165, 1.54) is 6.26 Å². The minimum atomic E-state index is -2.80. The molecule has 1 saturated carbocycles. The number of sulfone groups is 1. The second kappa shape index (κ2) is 5.12. The van der Waals surface area contributed by atoms with Crippen LogP contribution in [0.3, 0.4) is 0 Å². The van der Waals surface area contributed by atoms with E-state index >= 15 is 0 Å². The zero-order valence-corrected chi connectivity index (χ0v) is 9.59. The van der Waals surface area contributed by atoms with Crippen LogP contribution in [0.1, 0.15) is 38.5 Å². The predicted molar refractivity (Wildman–Crippen MR) is 56.9 cm³/mol. The minimum absolute atomic E-state index is 0.146. The van der Waals surface area contributed by atoms with Crippen molar-refractivity contribution in [2.75, 3.05) is 12.0 Å². The molecule has 1 N–H and O–H groups in total. The Morgan fingerprint density at radius 3 is 2.64 bits per heavy atom. The Kier molecular flexibility index (Phi) is 4.38. The van der Waals surface area contributed by atoms with E-state index in [0.29, 0.717) is 11.7 Å². The minimum Gasteiger partial charge on any atom is -0.393 e. The fourth-order valence-corrected chi connectivity index (χ4v) is 2.85. The van der Waals surface area contributed by atoms with Gasteiger partial charge in [-0.15, -0.1) is 0 Å². The highest BCUT2D eigenvalue weighted by Crippen LogP contribution is 2.27. The van der Waals surface area contributed by atoms with Gasteiger partial charge in [-0.25, -0.2) is 8.42 Å². The van der Waals surface area contributed by atoms with Crippen molar-refractivity contribution in [3.05, 3.63) is 0 Å². The highest BCUT2D eigenvalue weighted by Gasteiger charge is 2.19. The molecule has 0 amide bonds. The van der Waals surface area contributed by atoms with Gasteiger partial charge in [0.1, 0.15) is 9.84 Å². The molecule has 0 aromatic carbocycles. The topological polar surface area (TPSA) is 54.4 Å². The van der Waals surface area contributed by atoms with Crippen molar-refractivity contribution < 1.29 is 13.5 Å². The molecule has 0 radical (unpaired) electrons. The molecule has 2 unspecified atom stereocenters. The van der Waals surface area contributed by atoms with Gasteiger partial charge in [0.25, 0.3) is 0 Å². The molecular weight excluding hydrogens is 200 g/mol.